The van der Waals surface area contributed by atoms with E-state index >= 15 is 0 Å². The van der Waals surface area contributed by atoms with Gasteiger partial charge in [-0.15, -0.1) is 0 Å². The number of halogens is 2. The molecule has 0 saturated heterocycles. The Balaban J connectivity index is 1.78. The largest absolute Gasteiger partial charge is 0.360 e. The minimum absolute atomic E-state index is 0.157. The first-order valence-electron chi connectivity index (χ1n) is 7.67. The first-order valence-corrected chi connectivity index (χ1v) is 8.04. The van der Waals surface area contributed by atoms with E-state index < -0.39 is 5.82 Å². The summed E-state index contributed by atoms with van der Waals surface area (Å²) in [6.07, 6.45) is 2.05. The van der Waals surface area contributed by atoms with Gasteiger partial charge in [0.1, 0.15) is 11.9 Å². The van der Waals surface area contributed by atoms with Gasteiger partial charge in [0.15, 0.2) is 0 Å². The molecule has 1 N–H and O–H groups in total. The molecule has 1 atom stereocenters. The second-order valence-corrected chi connectivity index (χ2v) is 6.12. The minimum atomic E-state index is -0.425. The number of nitrogens with one attached hydrogen (secondary N) is 1. The molecule has 0 fully saturated rings. The van der Waals surface area contributed by atoms with Crippen LogP contribution in [0.25, 0.3) is 0 Å². The summed E-state index contributed by atoms with van der Waals surface area (Å²) >= 11 is 5.98. The summed E-state index contributed by atoms with van der Waals surface area (Å²) in [6, 6.07) is 11.8. The van der Waals surface area contributed by atoms with E-state index in [1.165, 1.54) is 23.8 Å². The van der Waals surface area contributed by atoms with Crippen LogP contribution in [0.2, 0.25) is 5.02 Å². The SMILES string of the molecule is CC(C(=O)Nc1ccc(F)cc1Cl)N1CCCc2ccccc21. The van der Waals surface area contributed by atoms with Crippen molar-refractivity contribution in [1.82, 2.24) is 0 Å². The zero-order valence-corrected chi connectivity index (χ0v) is 13.6. The van der Waals surface area contributed by atoms with Crippen molar-refractivity contribution in [2.45, 2.75) is 25.8 Å². The summed E-state index contributed by atoms with van der Waals surface area (Å²) < 4.78 is 13.1. The van der Waals surface area contributed by atoms with Gasteiger partial charge >= 0.3 is 0 Å². The molecule has 1 heterocycles. The Kier molecular flexibility index (Phi) is 4.53. The number of hydrogen-bond donors (Lipinski definition) is 1. The molecule has 3 rings (SSSR count). The average molecular weight is 333 g/mol. The summed E-state index contributed by atoms with van der Waals surface area (Å²) in [5.41, 5.74) is 2.79. The fraction of sp³-hybridized carbons (Fsp3) is 0.278. The number of carbonyl (C=O) groups excluding carboxylic acids is 1. The number of aryl methyl sites for hydroxylation is 1. The predicted molar refractivity (Wildman–Crippen MR) is 91.6 cm³/mol. The Bertz CT molecular complexity index is 735. The Morgan fingerprint density at radius 2 is 2.09 bits per heavy atom. The third kappa shape index (κ3) is 3.32. The third-order valence-electron chi connectivity index (χ3n) is 4.18. The Labute approximate surface area is 140 Å². The first-order chi connectivity index (χ1) is 11.1. The molecule has 0 aromatic heterocycles. The number of fused-ring (bicyclic) bond motifs is 1. The molecule has 1 amide bonds. The topological polar surface area (TPSA) is 32.3 Å². The highest BCUT2D eigenvalue weighted by molar-refractivity contribution is 6.33. The van der Waals surface area contributed by atoms with Crippen LogP contribution in [0.15, 0.2) is 42.5 Å². The number of hydrogen-bond acceptors (Lipinski definition) is 2. The average Bonchev–Trinajstić information content (AvgIpc) is 2.56. The zero-order chi connectivity index (χ0) is 16.4. The van der Waals surface area contributed by atoms with Gasteiger partial charge in [-0.2, -0.15) is 0 Å². The normalized spacial score (nSPS) is 15.0. The molecule has 5 heteroatoms. The van der Waals surface area contributed by atoms with Crippen LogP contribution < -0.4 is 10.2 Å². The maximum Gasteiger partial charge on any atom is 0.246 e. The molecule has 120 valence electrons. The van der Waals surface area contributed by atoms with Crippen molar-refractivity contribution in [2.24, 2.45) is 0 Å². The summed E-state index contributed by atoms with van der Waals surface area (Å²) in [7, 11) is 0. The van der Waals surface area contributed by atoms with Crippen molar-refractivity contribution in [3.8, 4) is 0 Å². The van der Waals surface area contributed by atoms with Gasteiger partial charge in [0, 0.05) is 12.2 Å². The molecule has 0 spiro atoms. The van der Waals surface area contributed by atoms with Crippen LogP contribution >= 0.6 is 11.6 Å². The standard InChI is InChI=1S/C18H18ClFN2O/c1-12(18(23)21-16-9-8-14(20)11-15(16)19)22-10-4-6-13-5-2-3-7-17(13)22/h2-3,5,7-9,11-12H,4,6,10H2,1H3,(H,21,23). The molecule has 2 aromatic carbocycles. The molecular formula is C18H18ClFN2O. The highest BCUT2D eigenvalue weighted by Crippen LogP contribution is 2.29. The highest BCUT2D eigenvalue weighted by Gasteiger charge is 2.26. The van der Waals surface area contributed by atoms with Gasteiger partial charge in [0.2, 0.25) is 5.91 Å². The molecule has 1 unspecified atom stereocenters. The van der Waals surface area contributed by atoms with Gasteiger partial charge < -0.3 is 10.2 Å². The van der Waals surface area contributed by atoms with Crippen molar-refractivity contribution in [2.75, 3.05) is 16.8 Å². The fourth-order valence-corrected chi connectivity index (χ4v) is 3.15. The number of rotatable bonds is 3. The van der Waals surface area contributed by atoms with Crippen molar-refractivity contribution in [1.29, 1.82) is 0 Å². The van der Waals surface area contributed by atoms with Crippen molar-refractivity contribution in [3.05, 3.63) is 58.9 Å². The molecule has 0 saturated carbocycles. The number of carbonyl (C=O) groups is 1. The van der Waals surface area contributed by atoms with Crippen molar-refractivity contribution in [3.63, 3.8) is 0 Å². The number of amides is 1. The molecule has 3 nitrogen and oxygen atoms in total. The van der Waals surface area contributed by atoms with Crippen LogP contribution in [0, 0.1) is 5.82 Å². The Morgan fingerprint density at radius 3 is 2.87 bits per heavy atom. The van der Waals surface area contributed by atoms with Gasteiger partial charge in [-0.05, 0) is 49.6 Å². The van der Waals surface area contributed by atoms with Gasteiger partial charge in [0.25, 0.3) is 0 Å². The van der Waals surface area contributed by atoms with Gasteiger partial charge in [-0.3, -0.25) is 4.79 Å². The zero-order valence-electron chi connectivity index (χ0n) is 12.9. The van der Waals surface area contributed by atoms with E-state index in [1.807, 2.05) is 25.1 Å². The molecule has 0 aliphatic carbocycles. The molecule has 0 radical (unpaired) electrons. The van der Waals surface area contributed by atoms with Crippen molar-refractivity contribution >= 4 is 28.9 Å². The molecule has 23 heavy (non-hydrogen) atoms. The van der Waals surface area contributed by atoms with Crippen LogP contribution in [-0.2, 0) is 11.2 Å². The lowest BCUT2D eigenvalue weighted by Gasteiger charge is -2.35. The van der Waals surface area contributed by atoms with Gasteiger partial charge in [-0.25, -0.2) is 4.39 Å². The third-order valence-corrected chi connectivity index (χ3v) is 4.49. The molecule has 1 aliphatic heterocycles. The lowest BCUT2D eigenvalue weighted by Crippen LogP contribution is -2.44. The van der Waals surface area contributed by atoms with Crippen LogP contribution in [0.3, 0.4) is 0 Å². The van der Waals surface area contributed by atoms with Crippen LogP contribution in [0.1, 0.15) is 18.9 Å². The molecule has 2 aromatic rings. The van der Waals surface area contributed by atoms with E-state index in [1.54, 1.807) is 0 Å². The van der Waals surface area contributed by atoms with Gasteiger partial charge in [-0.1, -0.05) is 29.8 Å². The maximum absolute atomic E-state index is 13.1. The highest BCUT2D eigenvalue weighted by atomic mass is 35.5. The Hall–Kier alpha value is -2.07. The number of benzene rings is 2. The molecule has 1 aliphatic rings. The second kappa shape index (κ2) is 6.59. The van der Waals surface area contributed by atoms with E-state index in [0.717, 1.165) is 25.1 Å². The first kappa shape index (κ1) is 15.8. The van der Waals surface area contributed by atoms with Gasteiger partial charge in [0.05, 0.1) is 10.7 Å². The molecular weight excluding hydrogens is 315 g/mol. The summed E-state index contributed by atoms with van der Waals surface area (Å²) in [4.78, 5) is 14.7. The van der Waals surface area contributed by atoms with E-state index in [2.05, 4.69) is 16.3 Å². The van der Waals surface area contributed by atoms with E-state index in [-0.39, 0.29) is 17.0 Å². The summed E-state index contributed by atoms with van der Waals surface area (Å²) in [5.74, 6) is -0.582. The van der Waals surface area contributed by atoms with Crippen molar-refractivity contribution < 1.29 is 9.18 Å². The quantitative estimate of drug-likeness (QED) is 0.911. The number of nitrogens with zero attached hydrogens (tertiary/aromatic N) is 1. The lowest BCUT2D eigenvalue weighted by molar-refractivity contribution is -0.117. The van der Waals surface area contributed by atoms with E-state index in [9.17, 15) is 9.18 Å². The van der Waals surface area contributed by atoms with Crippen LogP contribution in [-0.4, -0.2) is 18.5 Å². The van der Waals surface area contributed by atoms with Crippen LogP contribution in [0.4, 0.5) is 15.8 Å². The molecule has 0 bridgehead atoms. The summed E-state index contributed by atoms with van der Waals surface area (Å²) in [5, 5.41) is 2.98. The van der Waals surface area contributed by atoms with Crippen LogP contribution in [0.5, 0.6) is 0 Å². The number of anilines is 2. The monoisotopic (exact) mass is 332 g/mol. The number of para-hydroxylation sites is 1. The summed E-state index contributed by atoms with van der Waals surface area (Å²) in [6.45, 7) is 2.71. The minimum Gasteiger partial charge on any atom is -0.360 e. The van der Waals surface area contributed by atoms with E-state index in [4.69, 9.17) is 11.6 Å². The lowest BCUT2D eigenvalue weighted by atomic mass is 10.00. The second-order valence-electron chi connectivity index (χ2n) is 5.72. The van der Waals surface area contributed by atoms with E-state index in [0.29, 0.717) is 5.69 Å². The Morgan fingerprint density at radius 1 is 1.30 bits per heavy atom. The fourth-order valence-electron chi connectivity index (χ4n) is 2.93. The maximum atomic E-state index is 13.1. The smallest absolute Gasteiger partial charge is 0.246 e. The predicted octanol–water partition coefficient (Wildman–Crippen LogP) is 4.26.